The average molecular weight is 616 g/mol. The zero-order valence-electron chi connectivity index (χ0n) is 23.8. The number of aromatic nitrogens is 2. The first kappa shape index (κ1) is 29.4. The van der Waals surface area contributed by atoms with Crippen LogP contribution in [0.5, 0.6) is 23.0 Å². The Hall–Kier alpha value is -5.07. The molecule has 0 aliphatic carbocycles. The summed E-state index contributed by atoms with van der Waals surface area (Å²) in [6.45, 7) is 0. The van der Waals surface area contributed by atoms with Crippen LogP contribution in [0.1, 0.15) is 5.56 Å². The van der Waals surface area contributed by atoms with Crippen molar-refractivity contribution in [3.05, 3.63) is 77.7 Å². The molecule has 0 unspecified atom stereocenters. The standard InChI is InChI=1S/C31H29N5O5S2/c1-38-23-11-6-5-8-18(23)12-13-26(37)33-20-10-7-9-19(14-20)22-17-42-30(35-22)28-29(32)36-31(43-28)34-21-15-24(39-2)27(41-4)25(16-21)40-3/h5-17H,32H2,1-4H3,(H,33,37)(H,34,36)/b13-12+. The molecule has 0 aliphatic heterocycles. The summed E-state index contributed by atoms with van der Waals surface area (Å²) < 4.78 is 21.6. The maximum Gasteiger partial charge on any atom is 0.248 e. The van der Waals surface area contributed by atoms with Crippen LogP contribution in [0.25, 0.3) is 27.2 Å². The highest BCUT2D eigenvalue weighted by Gasteiger charge is 2.18. The van der Waals surface area contributed by atoms with Gasteiger partial charge in [-0.25, -0.2) is 9.97 Å². The van der Waals surface area contributed by atoms with Gasteiger partial charge in [0.25, 0.3) is 0 Å². The van der Waals surface area contributed by atoms with E-state index < -0.39 is 0 Å². The van der Waals surface area contributed by atoms with E-state index in [9.17, 15) is 4.79 Å². The van der Waals surface area contributed by atoms with Gasteiger partial charge in [0.1, 0.15) is 21.5 Å². The number of carbonyl (C=O) groups excluding carboxylic acids is 1. The lowest BCUT2D eigenvalue weighted by Crippen LogP contribution is -2.07. The molecule has 12 heteroatoms. The summed E-state index contributed by atoms with van der Waals surface area (Å²) in [7, 11) is 6.27. The second kappa shape index (κ2) is 13.3. The molecule has 0 saturated carbocycles. The Kier molecular flexibility index (Phi) is 9.08. The zero-order chi connectivity index (χ0) is 30.3. The van der Waals surface area contributed by atoms with Crippen LogP contribution in [0.3, 0.4) is 0 Å². The number of benzene rings is 3. The Balaban J connectivity index is 1.30. The molecule has 0 saturated heterocycles. The van der Waals surface area contributed by atoms with Gasteiger partial charge in [0.05, 0.1) is 34.1 Å². The fourth-order valence-electron chi connectivity index (χ4n) is 4.24. The van der Waals surface area contributed by atoms with Crippen molar-refractivity contribution >= 4 is 57.0 Å². The van der Waals surface area contributed by atoms with E-state index in [1.165, 1.54) is 28.7 Å². The van der Waals surface area contributed by atoms with E-state index in [2.05, 4.69) is 15.6 Å². The van der Waals surface area contributed by atoms with Crippen molar-refractivity contribution in [2.24, 2.45) is 0 Å². The highest BCUT2D eigenvalue weighted by Crippen LogP contribution is 2.43. The number of nitrogens with two attached hydrogens (primary N) is 1. The van der Waals surface area contributed by atoms with Crippen LogP contribution in [0.2, 0.25) is 0 Å². The second-order valence-corrected chi connectivity index (χ2v) is 10.8. The van der Waals surface area contributed by atoms with Crippen molar-refractivity contribution in [1.82, 2.24) is 9.97 Å². The van der Waals surface area contributed by atoms with Gasteiger partial charge < -0.3 is 35.3 Å². The van der Waals surface area contributed by atoms with Gasteiger partial charge in [0.15, 0.2) is 16.6 Å². The minimum atomic E-state index is -0.258. The second-order valence-electron chi connectivity index (χ2n) is 8.96. The minimum absolute atomic E-state index is 0.258. The summed E-state index contributed by atoms with van der Waals surface area (Å²) in [5, 5.41) is 9.44. The van der Waals surface area contributed by atoms with Crippen LogP contribution < -0.4 is 35.3 Å². The number of hydrogen-bond acceptors (Lipinski definition) is 11. The van der Waals surface area contributed by atoms with Gasteiger partial charge in [-0.15, -0.1) is 11.3 Å². The van der Waals surface area contributed by atoms with Crippen LogP contribution in [-0.2, 0) is 4.79 Å². The van der Waals surface area contributed by atoms with E-state index in [1.807, 2.05) is 53.9 Å². The predicted molar refractivity (Wildman–Crippen MR) is 173 cm³/mol. The molecule has 0 spiro atoms. The normalized spacial score (nSPS) is 10.9. The van der Waals surface area contributed by atoms with E-state index in [0.29, 0.717) is 45.3 Å². The fourth-order valence-corrected chi connectivity index (χ4v) is 6.07. The minimum Gasteiger partial charge on any atom is -0.496 e. The molecule has 0 bridgehead atoms. The maximum absolute atomic E-state index is 12.6. The van der Waals surface area contributed by atoms with Crippen LogP contribution in [0.4, 0.5) is 22.3 Å². The number of para-hydroxylation sites is 1. The molecule has 1 amide bonds. The highest BCUT2D eigenvalue weighted by molar-refractivity contribution is 7.23. The van der Waals surface area contributed by atoms with Crippen molar-refractivity contribution in [2.75, 3.05) is 44.8 Å². The third kappa shape index (κ3) is 6.71. The Morgan fingerprint density at radius 1 is 0.860 bits per heavy atom. The number of ether oxygens (including phenoxy) is 4. The first-order valence-electron chi connectivity index (χ1n) is 12.9. The Labute approximate surface area is 256 Å². The summed E-state index contributed by atoms with van der Waals surface area (Å²) in [4.78, 5) is 22.6. The van der Waals surface area contributed by atoms with E-state index in [1.54, 1.807) is 46.6 Å². The van der Waals surface area contributed by atoms with Gasteiger partial charge >= 0.3 is 0 Å². The third-order valence-corrected chi connectivity index (χ3v) is 8.23. The number of nitrogen functional groups attached to an aromatic ring is 1. The van der Waals surface area contributed by atoms with Gasteiger partial charge in [0.2, 0.25) is 11.7 Å². The lowest BCUT2D eigenvalue weighted by molar-refractivity contribution is -0.111. The number of anilines is 4. The lowest BCUT2D eigenvalue weighted by Gasteiger charge is -2.14. The number of hydrogen-bond donors (Lipinski definition) is 3. The van der Waals surface area contributed by atoms with Gasteiger partial charge in [-0.2, -0.15) is 0 Å². The smallest absolute Gasteiger partial charge is 0.248 e. The largest absolute Gasteiger partial charge is 0.496 e. The Morgan fingerprint density at radius 2 is 1.60 bits per heavy atom. The van der Waals surface area contributed by atoms with Gasteiger partial charge in [-0.05, 0) is 24.3 Å². The van der Waals surface area contributed by atoms with Crippen molar-refractivity contribution in [2.45, 2.75) is 0 Å². The zero-order valence-corrected chi connectivity index (χ0v) is 25.5. The molecule has 10 nitrogen and oxygen atoms in total. The number of amides is 1. The van der Waals surface area contributed by atoms with Crippen LogP contribution in [-0.4, -0.2) is 44.3 Å². The Morgan fingerprint density at radius 3 is 2.33 bits per heavy atom. The summed E-state index contributed by atoms with van der Waals surface area (Å²) in [6, 6.07) is 18.6. The molecule has 2 aromatic heterocycles. The van der Waals surface area contributed by atoms with Gasteiger partial charge in [-0.3, -0.25) is 4.79 Å². The molecule has 43 heavy (non-hydrogen) atoms. The number of nitrogens with one attached hydrogen (secondary N) is 2. The summed E-state index contributed by atoms with van der Waals surface area (Å²) in [6.07, 6.45) is 3.19. The summed E-state index contributed by atoms with van der Waals surface area (Å²) >= 11 is 2.85. The van der Waals surface area contributed by atoms with Gasteiger partial charge in [0, 0.05) is 46.1 Å². The topological polar surface area (TPSA) is 130 Å². The van der Waals surface area contributed by atoms with Crippen LogP contribution >= 0.6 is 22.7 Å². The summed E-state index contributed by atoms with van der Waals surface area (Å²) in [5.74, 6) is 2.33. The molecule has 2 heterocycles. The summed E-state index contributed by atoms with van der Waals surface area (Å²) in [5.41, 5.74) is 10.1. The highest BCUT2D eigenvalue weighted by atomic mass is 32.1. The van der Waals surface area contributed by atoms with Crippen LogP contribution in [0.15, 0.2) is 72.1 Å². The number of thiazole rings is 2. The van der Waals surface area contributed by atoms with Crippen molar-refractivity contribution in [3.63, 3.8) is 0 Å². The molecule has 3 aromatic carbocycles. The first-order valence-corrected chi connectivity index (χ1v) is 14.6. The maximum atomic E-state index is 12.6. The number of rotatable bonds is 11. The molecule has 4 N–H and O–H groups in total. The molecule has 0 fully saturated rings. The fraction of sp³-hybridized carbons (Fsp3) is 0.129. The van der Waals surface area contributed by atoms with Gasteiger partial charge in [-0.1, -0.05) is 41.7 Å². The van der Waals surface area contributed by atoms with Crippen LogP contribution in [0, 0.1) is 0 Å². The van der Waals surface area contributed by atoms with Crippen molar-refractivity contribution in [1.29, 1.82) is 0 Å². The predicted octanol–water partition coefficient (Wildman–Crippen LogP) is 6.95. The molecule has 0 atom stereocenters. The SMILES string of the molecule is COc1ccccc1/C=C/C(=O)Nc1cccc(-c2csc(-c3sc(Nc4cc(OC)c(OC)c(OC)c4)nc3N)n2)c1. The lowest BCUT2D eigenvalue weighted by atomic mass is 10.1. The Bertz CT molecular complexity index is 1760. The number of methoxy groups -OCH3 is 4. The van der Waals surface area contributed by atoms with E-state index in [0.717, 1.165) is 26.7 Å². The molecule has 5 aromatic rings. The molecule has 5 rings (SSSR count). The molecular weight excluding hydrogens is 587 g/mol. The quantitative estimate of drug-likeness (QED) is 0.135. The molecule has 0 aliphatic rings. The van der Waals surface area contributed by atoms with Crippen molar-refractivity contribution in [3.8, 4) is 44.1 Å². The average Bonchev–Trinajstić information content (AvgIpc) is 3.66. The van der Waals surface area contributed by atoms with E-state index in [4.69, 9.17) is 29.7 Å². The van der Waals surface area contributed by atoms with E-state index >= 15 is 0 Å². The molecule has 220 valence electrons. The molecular formula is C31H29N5O5S2. The molecule has 0 radical (unpaired) electrons. The number of carbonyl (C=O) groups is 1. The number of nitrogens with zero attached hydrogens (tertiary/aromatic N) is 2. The monoisotopic (exact) mass is 615 g/mol. The van der Waals surface area contributed by atoms with Crippen molar-refractivity contribution < 1.29 is 23.7 Å². The van der Waals surface area contributed by atoms with E-state index in [-0.39, 0.29) is 5.91 Å². The first-order chi connectivity index (χ1) is 20.9. The third-order valence-electron chi connectivity index (χ3n) is 6.25.